The number of nitrogens with zero attached hydrogens (tertiary/aromatic N) is 2. The Balaban J connectivity index is 2.08. The van der Waals surface area contributed by atoms with E-state index in [1.54, 1.807) is 0 Å². The third-order valence-corrected chi connectivity index (χ3v) is 6.70. The van der Waals surface area contributed by atoms with Gasteiger partial charge in [0.1, 0.15) is 15.8 Å². The Labute approximate surface area is 200 Å². The first-order valence-corrected chi connectivity index (χ1v) is 13.4. The maximum absolute atomic E-state index is 13.7. The summed E-state index contributed by atoms with van der Waals surface area (Å²) in [6.07, 6.45) is 2.63. The van der Waals surface area contributed by atoms with E-state index >= 15 is 0 Å². The van der Waals surface area contributed by atoms with Gasteiger partial charge in [0, 0.05) is 5.56 Å². The molecule has 0 aliphatic carbocycles. The average molecular weight is 526 g/mol. The summed E-state index contributed by atoms with van der Waals surface area (Å²) in [4.78, 5) is 17.7. The zero-order chi connectivity index (χ0) is 25.4. The summed E-state index contributed by atoms with van der Waals surface area (Å²) in [7, 11) is -4.75. The fourth-order valence-electron chi connectivity index (χ4n) is 3.10. The second-order valence-corrected chi connectivity index (χ2v) is 10.5. The van der Waals surface area contributed by atoms with Gasteiger partial charge in [-0.05, 0) is 31.5 Å². The second kappa shape index (κ2) is 12.4. The zero-order valence-electron chi connectivity index (χ0n) is 19.2. The third kappa shape index (κ3) is 9.24. The largest absolute Gasteiger partial charge is 0.493 e. The summed E-state index contributed by atoms with van der Waals surface area (Å²) < 4.78 is 61.8. The molecule has 1 unspecified atom stereocenters. The van der Waals surface area contributed by atoms with E-state index in [9.17, 15) is 17.7 Å². The number of phosphoric acid groups is 1. The summed E-state index contributed by atoms with van der Waals surface area (Å²) in [6, 6.07) is 3.67. The van der Waals surface area contributed by atoms with Crippen LogP contribution in [0.2, 0.25) is 0 Å². The molecule has 1 aromatic heterocycles. The van der Waals surface area contributed by atoms with Crippen molar-refractivity contribution in [2.75, 3.05) is 13.2 Å². The molecule has 1 heterocycles. The number of phosphoric ester groups is 1. The SMILES string of the molecule is CCCCCCCCCOc1ccc(-c2nnc(C(C)(N)COP(=O)(O)O)s2)cc1C(F)(F)F. The van der Waals surface area contributed by atoms with Gasteiger partial charge < -0.3 is 20.3 Å². The van der Waals surface area contributed by atoms with Gasteiger partial charge in [-0.15, -0.1) is 10.2 Å². The lowest BCUT2D eigenvalue weighted by atomic mass is 10.1. The number of halogens is 3. The van der Waals surface area contributed by atoms with Crippen molar-refractivity contribution in [3.63, 3.8) is 0 Å². The first kappa shape index (κ1) is 28.7. The molecule has 13 heteroatoms. The molecule has 1 aromatic carbocycles. The average Bonchev–Trinajstić information content (AvgIpc) is 3.24. The number of hydrogen-bond donors (Lipinski definition) is 3. The van der Waals surface area contributed by atoms with Crippen LogP contribution >= 0.6 is 19.2 Å². The van der Waals surface area contributed by atoms with Crippen LogP contribution in [0.1, 0.15) is 69.4 Å². The fourth-order valence-corrected chi connectivity index (χ4v) is 4.42. The van der Waals surface area contributed by atoms with Crippen LogP contribution in [0.5, 0.6) is 5.75 Å². The summed E-state index contributed by atoms with van der Waals surface area (Å²) in [5.74, 6) is -0.245. The van der Waals surface area contributed by atoms with Crippen molar-refractivity contribution in [1.29, 1.82) is 0 Å². The summed E-state index contributed by atoms with van der Waals surface area (Å²) >= 11 is 0.913. The van der Waals surface area contributed by atoms with Crippen LogP contribution in [0.25, 0.3) is 10.6 Å². The van der Waals surface area contributed by atoms with E-state index in [-0.39, 0.29) is 27.9 Å². The van der Waals surface area contributed by atoms with Gasteiger partial charge in [0.05, 0.1) is 24.3 Å². The number of unbranched alkanes of at least 4 members (excludes halogenated alkanes) is 6. The molecule has 0 saturated carbocycles. The van der Waals surface area contributed by atoms with Crippen LogP contribution in [0.3, 0.4) is 0 Å². The highest BCUT2D eigenvalue weighted by molar-refractivity contribution is 7.46. The van der Waals surface area contributed by atoms with Gasteiger partial charge in [-0.3, -0.25) is 4.52 Å². The predicted octanol–water partition coefficient (Wildman–Crippen LogP) is 5.64. The normalized spacial score (nSPS) is 14.2. The van der Waals surface area contributed by atoms with Crippen molar-refractivity contribution in [2.45, 2.75) is 70.5 Å². The van der Waals surface area contributed by atoms with Gasteiger partial charge in [-0.25, -0.2) is 4.57 Å². The van der Waals surface area contributed by atoms with Crippen LogP contribution in [0.4, 0.5) is 13.2 Å². The van der Waals surface area contributed by atoms with Crippen molar-refractivity contribution in [2.24, 2.45) is 5.73 Å². The lowest BCUT2D eigenvalue weighted by molar-refractivity contribution is -0.138. The number of ether oxygens (including phenoxy) is 1. The molecule has 0 saturated heterocycles. The Kier molecular flexibility index (Phi) is 10.5. The first-order chi connectivity index (χ1) is 15.8. The molecular formula is C21H31F3N3O5PS. The van der Waals surface area contributed by atoms with E-state index in [0.29, 0.717) is 6.42 Å². The van der Waals surface area contributed by atoms with Gasteiger partial charge in [0.25, 0.3) is 0 Å². The van der Waals surface area contributed by atoms with Crippen molar-refractivity contribution in [3.8, 4) is 16.3 Å². The molecular weight excluding hydrogens is 494 g/mol. The van der Waals surface area contributed by atoms with E-state index < -0.39 is 31.7 Å². The molecule has 0 spiro atoms. The van der Waals surface area contributed by atoms with E-state index in [4.69, 9.17) is 20.3 Å². The van der Waals surface area contributed by atoms with Gasteiger partial charge >= 0.3 is 14.0 Å². The van der Waals surface area contributed by atoms with Crippen molar-refractivity contribution >= 4 is 19.2 Å². The topological polar surface area (TPSA) is 128 Å². The number of nitrogens with two attached hydrogens (primary N) is 1. The molecule has 0 radical (unpaired) electrons. The van der Waals surface area contributed by atoms with Crippen LogP contribution in [-0.4, -0.2) is 33.2 Å². The first-order valence-electron chi connectivity index (χ1n) is 11.0. The van der Waals surface area contributed by atoms with Gasteiger partial charge in [0.2, 0.25) is 0 Å². The lowest BCUT2D eigenvalue weighted by Gasteiger charge is -2.21. The van der Waals surface area contributed by atoms with E-state index in [0.717, 1.165) is 43.1 Å². The Morgan fingerprint density at radius 3 is 2.35 bits per heavy atom. The fraction of sp³-hybridized carbons (Fsp3) is 0.619. The molecule has 4 N–H and O–H groups in total. The smallest absolute Gasteiger partial charge is 0.469 e. The number of aromatic nitrogens is 2. The minimum absolute atomic E-state index is 0.156. The van der Waals surface area contributed by atoms with Crippen LogP contribution in [-0.2, 0) is 20.8 Å². The van der Waals surface area contributed by atoms with E-state index in [2.05, 4.69) is 21.6 Å². The molecule has 1 atom stereocenters. The number of rotatable bonds is 14. The standard InChI is InChI=1S/C21H31F3N3O5PS/c1-3-4-5-6-7-8-9-12-31-17-11-10-15(13-16(17)21(22,23)24)18-26-27-19(34-18)20(2,25)14-32-33(28,29)30/h10-11,13H,3-9,12,14,25H2,1-2H3,(H2,28,29,30). The van der Waals surface area contributed by atoms with Gasteiger partial charge in [0.15, 0.2) is 0 Å². The molecule has 192 valence electrons. The Morgan fingerprint density at radius 2 is 1.74 bits per heavy atom. The highest BCUT2D eigenvalue weighted by atomic mass is 32.1. The van der Waals surface area contributed by atoms with Crippen molar-refractivity contribution in [3.05, 3.63) is 28.8 Å². The highest BCUT2D eigenvalue weighted by Crippen LogP contribution is 2.41. The molecule has 2 aromatic rings. The maximum Gasteiger partial charge on any atom is 0.469 e. The minimum Gasteiger partial charge on any atom is -0.493 e. The van der Waals surface area contributed by atoms with E-state index in [1.807, 2.05) is 0 Å². The molecule has 2 rings (SSSR count). The second-order valence-electron chi connectivity index (χ2n) is 8.27. The Morgan fingerprint density at radius 1 is 1.09 bits per heavy atom. The number of alkyl halides is 3. The molecule has 0 aliphatic heterocycles. The maximum atomic E-state index is 13.7. The van der Waals surface area contributed by atoms with Crippen LogP contribution in [0, 0.1) is 0 Å². The Bertz CT molecular complexity index is 965. The predicted molar refractivity (Wildman–Crippen MR) is 123 cm³/mol. The van der Waals surface area contributed by atoms with Gasteiger partial charge in [-0.2, -0.15) is 13.2 Å². The molecule has 0 aliphatic rings. The summed E-state index contributed by atoms with van der Waals surface area (Å²) in [5.41, 5.74) is 3.87. The number of hydrogen-bond acceptors (Lipinski definition) is 7. The molecule has 0 amide bonds. The molecule has 8 nitrogen and oxygen atoms in total. The minimum atomic E-state index is -4.75. The van der Waals surface area contributed by atoms with Crippen LogP contribution < -0.4 is 10.5 Å². The summed E-state index contributed by atoms with van der Waals surface area (Å²) in [6.45, 7) is 3.21. The molecule has 0 bridgehead atoms. The van der Waals surface area contributed by atoms with Gasteiger partial charge in [-0.1, -0.05) is 56.8 Å². The van der Waals surface area contributed by atoms with E-state index in [1.165, 1.54) is 31.9 Å². The third-order valence-electron chi connectivity index (χ3n) is 4.98. The Hall–Kier alpha value is -1.56. The lowest BCUT2D eigenvalue weighted by Crippen LogP contribution is -2.37. The highest BCUT2D eigenvalue weighted by Gasteiger charge is 2.35. The summed E-state index contributed by atoms with van der Waals surface area (Å²) in [5, 5.41) is 8.10. The molecule has 0 fully saturated rings. The van der Waals surface area contributed by atoms with Crippen LogP contribution in [0.15, 0.2) is 18.2 Å². The monoisotopic (exact) mass is 525 g/mol. The van der Waals surface area contributed by atoms with Crippen molar-refractivity contribution < 1.29 is 36.8 Å². The zero-order valence-corrected chi connectivity index (χ0v) is 20.9. The van der Waals surface area contributed by atoms with Crippen molar-refractivity contribution in [1.82, 2.24) is 10.2 Å². The molecule has 34 heavy (non-hydrogen) atoms. The number of benzene rings is 1. The quantitative estimate of drug-likeness (QED) is 0.214.